The van der Waals surface area contributed by atoms with Crippen LogP contribution in [-0.4, -0.2) is 33.4 Å². The Balaban J connectivity index is 1.51. The van der Waals surface area contributed by atoms with Gasteiger partial charge in [-0.05, 0) is 62.2 Å². The summed E-state index contributed by atoms with van der Waals surface area (Å²) in [5.74, 6) is 1.01. The first-order valence-corrected chi connectivity index (χ1v) is 10.9. The summed E-state index contributed by atoms with van der Waals surface area (Å²) in [5.41, 5.74) is 6.90. The molecule has 7 heteroatoms. The quantitative estimate of drug-likeness (QED) is 0.431. The van der Waals surface area contributed by atoms with Crippen molar-refractivity contribution < 1.29 is 9.53 Å². The number of fused-ring (bicyclic) bond motifs is 1. The van der Waals surface area contributed by atoms with Crippen molar-refractivity contribution in [2.45, 2.75) is 25.8 Å². The van der Waals surface area contributed by atoms with Gasteiger partial charge >= 0.3 is 0 Å². The number of ether oxygens (including phenoxy) is 1. The number of aryl methyl sites for hydroxylation is 3. The normalized spacial score (nSPS) is 11.0. The van der Waals surface area contributed by atoms with Crippen LogP contribution in [0.25, 0.3) is 16.8 Å². The van der Waals surface area contributed by atoms with Crippen LogP contribution in [0, 0.1) is 20.8 Å². The van der Waals surface area contributed by atoms with Gasteiger partial charge in [-0.1, -0.05) is 29.5 Å². The second-order valence-electron chi connectivity index (χ2n) is 7.43. The number of nitrogens with zero attached hydrogens (tertiary/aromatic N) is 3. The smallest absolute Gasteiger partial charge is 0.234 e. The van der Waals surface area contributed by atoms with Crippen molar-refractivity contribution in [3.8, 4) is 17.0 Å². The molecule has 1 amide bonds. The lowest BCUT2D eigenvalue weighted by Gasteiger charge is -2.12. The molecule has 0 aliphatic rings. The zero-order valence-corrected chi connectivity index (χ0v) is 18.8. The molecule has 0 radical (unpaired) electrons. The van der Waals surface area contributed by atoms with Gasteiger partial charge in [0.05, 0.1) is 24.1 Å². The summed E-state index contributed by atoms with van der Waals surface area (Å²) in [5, 5.41) is 8.46. The Morgan fingerprint density at radius 1 is 1.10 bits per heavy atom. The molecule has 0 saturated carbocycles. The lowest BCUT2D eigenvalue weighted by molar-refractivity contribution is -0.113. The monoisotopic (exact) mass is 432 g/mol. The molecular weight excluding hydrogens is 408 g/mol. The van der Waals surface area contributed by atoms with Crippen LogP contribution in [0.5, 0.6) is 5.75 Å². The molecule has 2 aromatic carbocycles. The van der Waals surface area contributed by atoms with Crippen molar-refractivity contribution in [1.29, 1.82) is 0 Å². The standard InChI is InChI=1S/C24H24N4O2S/c1-15-11-16(2)23(17(3)12-15)26-22(29)14-31-24-21-13-20(27-28(21)10-9-25-24)18-5-7-19(30-4)8-6-18/h5-13H,14H2,1-4H3,(H,26,29). The highest BCUT2D eigenvalue weighted by molar-refractivity contribution is 8.00. The van der Waals surface area contributed by atoms with Crippen LogP contribution in [0.15, 0.2) is 59.9 Å². The highest BCUT2D eigenvalue weighted by Gasteiger charge is 2.13. The fourth-order valence-electron chi connectivity index (χ4n) is 3.60. The maximum Gasteiger partial charge on any atom is 0.234 e. The predicted molar refractivity (Wildman–Crippen MR) is 125 cm³/mol. The molecule has 4 aromatic rings. The van der Waals surface area contributed by atoms with Crippen LogP contribution in [0.1, 0.15) is 16.7 Å². The summed E-state index contributed by atoms with van der Waals surface area (Å²) in [7, 11) is 1.65. The number of hydrogen-bond acceptors (Lipinski definition) is 5. The van der Waals surface area contributed by atoms with E-state index in [0.29, 0.717) is 0 Å². The summed E-state index contributed by atoms with van der Waals surface area (Å²) in [6.07, 6.45) is 3.51. The van der Waals surface area contributed by atoms with Gasteiger partial charge in [-0.3, -0.25) is 4.79 Å². The van der Waals surface area contributed by atoms with E-state index in [2.05, 4.69) is 34.5 Å². The average molecular weight is 433 g/mol. The highest BCUT2D eigenvalue weighted by Crippen LogP contribution is 2.28. The van der Waals surface area contributed by atoms with Crippen LogP contribution < -0.4 is 10.1 Å². The zero-order valence-electron chi connectivity index (χ0n) is 18.0. The number of methoxy groups -OCH3 is 1. The average Bonchev–Trinajstić information content (AvgIpc) is 3.20. The molecular formula is C24H24N4O2S. The predicted octanol–water partition coefficient (Wildman–Crippen LogP) is 5.06. The molecule has 0 aliphatic heterocycles. The molecule has 0 spiro atoms. The molecule has 0 atom stereocenters. The molecule has 158 valence electrons. The minimum Gasteiger partial charge on any atom is -0.497 e. The molecule has 31 heavy (non-hydrogen) atoms. The summed E-state index contributed by atoms with van der Waals surface area (Å²) >= 11 is 1.40. The lowest BCUT2D eigenvalue weighted by Crippen LogP contribution is -2.16. The minimum absolute atomic E-state index is 0.0567. The SMILES string of the molecule is COc1ccc(-c2cc3c(SCC(=O)Nc4c(C)cc(C)cc4C)nccn3n2)cc1. The number of nitrogens with one attached hydrogen (secondary N) is 1. The maximum atomic E-state index is 12.6. The molecule has 0 fully saturated rings. The van der Waals surface area contributed by atoms with Gasteiger partial charge in [0.2, 0.25) is 5.91 Å². The molecule has 2 heterocycles. The number of aromatic nitrogens is 3. The van der Waals surface area contributed by atoms with E-state index < -0.39 is 0 Å². The molecule has 1 N–H and O–H groups in total. The fourth-order valence-corrected chi connectivity index (χ4v) is 4.37. The highest BCUT2D eigenvalue weighted by atomic mass is 32.2. The molecule has 4 rings (SSSR count). The van der Waals surface area contributed by atoms with Crippen molar-refractivity contribution in [3.63, 3.8) is 0 Å². The number of rotatable bonds is 6. The van der Waals surface area contributed by atoms with Gasteiger partial charge in [-0.15, -0.1) is 0 Å². The summed E-state index contributed by atoms with van der Waals surface area (Å²) in [6, 6.07) is 13.9. The Hall–Kier alpha value is -3.32. The molecule has 2 aromatic heterocycles. The molecule has 0 unspecified atom stereocenters. The van der Waals surface area contributed by atoms with Crippen LogP contribution in [0.2, 0.25) is 0 Å². The largest absolute Gasteiger partial charge is 0.497 e. The molecule has 0 bridgehead atoms. The first-order chi connectivity index (χ1) is 14.9. The van der Waals surface area contributed by atoms with Gasteiger partial charge < -0.3 is 10.1 Å². The Morgan fingerprint density at radius 2 is 1.81 bits per heavy atom. The zero-order chi connectivity index (χ0) is 22.0. The second-order valence-corrected chi connectivity index (χ2v) is 8.39. The van der Waals surface area contributed by atoms with Crippen LogP contribution >= 0.6 is 11.8 Å². The fraction of sp³-hybridized carbons (Fsp3) is 0.208. The van der Waals surface area contributed by atoms with Gasteiger partial charge in [-0.25, -0.2) is 9.50 Å². The Morgan fingerprint density at radius 3 is 2.48 bits per heavy atom. The Kier molecular flexibility index (Phi) is 5.95. The number of anilines is 1. The maximum absolute atomic E-state index is 12.6. The van der Waals surface area contributed by atoms with Crippen molar-refractivity contribution in [3.05, 3.63) is 71.5 Å². The minimum atomic E-state index is -0.0567. The van der Waals surface area contributed by atoms with E-state index in [-0.39, 0.29) is 11.7 Å². The topological polar surface area (TPSA) is 68.5 Å². The summed E-state index contributed by atoms with van der Waals surface area (Å²) in [4.78, 5) is 17.1. The van der Waals surface area contributed by atoms with Crippen molar-refractivity contribution in [1.82, 2.24) is 14.6 Å². The molecule has 0 saturated heterocycles. The van der Waals surface area contributed by atoms with Gasteiger partial charge in [0.25, 0.3) is 0 Å². The van der Waals surface area contributed by atoms with Crippen LogP contribution in [-0.2, 0) is 4.79 Å². The van der Waals surface area contributed by atoms with E-state index in [1.807, 2.05) is 50.4 Å². The van der Waals surface area contributed by atoms with E-state index in [9.17, 15) is 4.79 Å². The van der Waals surface area contributed by atoms with Crippen molar-refractivity contribution in [2.24, 2.45) is 0 Å². The van der Waals surface area contributed by atoms with E-state index in [4.69, 9.17) is 4.74 Å². The van der Waals surface area contributed by atoms with Crippen LogP contribution in [0.3, 0.4) is 0 Å². The van der Waals surface area contributed by atoms with Gasteiger partial charge in [0.1, 0.15) is 10.8 Å². The first kappa shape index (κ1) is 20.9. The summed E-state index contributed by atoms with van der Waals surface area (Å²) in [6.45, 7) is 6.08. The van der Waals surface area contributed by atoms with E-state index in [1.165, 1.54) is 17.3 Å². The van der Waals surface area contributed by atoms with Crippen molar-refractivity contribution >= 4 is 28.9 Å². The third kappa shape index (κ3) is 4.56. The lowest BCUT2D eigenvalue weighted by atomic mass is 10.1. The van der Waals surface area contributed by atoms with Gasteiger partial charge in [-0.2, -0.15) is 5.10 Å². The van der Waals surface area contributed by atoms with E-state index in [1.54, 1.807) is 17.8 Å². The van der Waals surface area contributed by atoms with E-state index in [0.717, 1.165) is 44.4 Å². The Labute approximate surface area is 185 Å². The first-order valence-electron chi connectivity index (χ1n) is 9.94. The van der Waals surface area contributed by atoms with Crippen LogP contribution in [0.4, 0.5) is 5.69 Å². The number of benzene rings is 2. The molecule has 0 aliphatic carbocycles. The van der Waals surface area contributed by atoms with Crippen molar-refractivity contribution in [2.75, 3.05) is 18.2 Å². The number of amides is 1. The van der Waals surface area contributed by atoms with Gasteiger partial charge in [0.15, 0.2) is 0 Å². The second kappa shape index (κ2) is 8.81. The third-order valence-electron chi connectivity index (χ3n) is 5.02. The number of carbonyl (C=O) groups is 1. The van der Waals surface area contributed by atoms with Gasteiger partial charge in [0, 0.05) is 23.6 Å². The Bertz CT molecular complexity index is 1230. The number of thioether (sulfide) groups is 1. The third-order valence-corrected chi connectivity index (χ3v) is 6.02. The number of carbonyl (C=O) groups excluding carboxylic acids is 1. The van der Waals surface area contributed by atoms with E-state index >= 15 is 0 Å². The summed E-state index contributed by atoms with van der Waals surface area (Å²) < 4.78 is 7.02. The molecule has 6 nitrogen and oxygen atoms in total. The number of hydrogen-bond donors (Lipinski definition) is 1.